The average Bonchev–Trinajstić information content (AvgIpc) is 3.28. The van der Waals surface area contributed by atoms with E-state index in [1.807, 2.05) is 54.6 Å². The van der Waals surface area contributed by atoms with Gasteiger partial charge in [-0.15, -0.1) is 0 Å². The van der Waals surface area contributed by atoms with Gasteiger partial charge in [-0.2, -0.15) is 0 Å². The summed E-state index contributed by atoms with van der Waals surface area (Å²) in [7, 11) is 0. The van der Waals surface area contributed by atoms with Crippen LogP contribution in [0.1, 0.15) is 54.7 Å². The van der Waals surface area contributed by atoms with E-state index in [2.05, 4.69) is 29.6 Å². The topological polar surface area (TPSA) is 111 Å². The van der Waals surface area contributed by atoms with E-state index in [9.17, 15) is 14.4 Å². The molecule has 2 atom stereocenters. The number of nitrogens with zero attached hydrogens (tertiary/aromatic N) is 1. The molecule has 0 saturated carbocycles. The molecule has 8 heteroatoms. The Morgan fingerprint density at radius 3 is 2.00 bits per heavy atom. The van der Waals surface area contributed by atoms with Crippen molar-refractivity contribution < 1.29 is 23.9 Å². The normalized spacial score (nSPS) is 23.1. The Labute approximate surface area is 233 Å². The van der Waals surface area contributed by atoms with Gasteiger partial charge in [0.1, 0.15) is 18.8 Å². The van der Waals surface area contributed by atoms with Gasteiger partial charge in [0.05, 0.1) is 0 Å². The van der Waals surface area contributed by atoms with Crippen molar-refractivity contribution in [3.63, 3.8) is 0 Å². The third kappa shape index (κ3) is 4.78. The summed E-state index contributed by atoms with van der Waals surface area (Å²) in [6, 6.07) is 25.2. The number of hydrogen-bond donors (Lipinski definition) is 2. The second-order valence-electron chi connectivity index (χ2n) is 11.0. The minimum Gasteiger partial charge on any atom is -0.448 e. The van der Waals surface area contributed by atoms with Crippen molar-refractivity contribution in [3.05, 3.63) is 95.6 Å². The molecule has 1 aliphatic carbocycles. The van der Waals surface area contributed by atoms with E-state index >= 15 is 0 Å². The minimum atomic E-state index is -1.29. The summed E-state index contributed by atoms with van der Waals surface area (Å²) < 4.78 is 11.4. The Morgan fingerprint density at radius 1 is 0.825 bits per heavy atom. The van der Waals surface area contributed by atoms with Gasteiger partial charge in [0.15, 0.2) is 0 Å². The minimum absolute atomic E-state index is 0.0354. The molecule has 3 aliphatic rings. The smallest absolute Gasteiger partial charge is 0.410 e. The zero-order chi connectivity index (χ0) is 27.7. The van der Waals surface area contributed by atoms with Gasteiger partial charge in [-0.25, -0.2) is 9.59 Å². The predicted octanol–water partition coefficient (Wildman–Crippen LogP) is 5.10. The van der Waals surface area contributed by atoms with Crippen LogP contribution in [-0.2, 0) is 20.9 Å². The highest BCUT2D eigenvalue weighted by atomic mass is 16.6. The Morgan fingerprint density at radius 2 is 1.40 bits per heavy atom. The molecule has 2 saturated heterocycles. The van der Waals surface area contributed by atoms with Crippen LogP contribution in [0.5, 0.6) is 0 Å². The van der Waals surface area contributed by atoms with Crippen molar-refractivity contribution in [1.82, 2.24) is 10.2 Å². The Bertz CT molecular complexity index is 1370. The molecule has 3 amide bonds. The van der Waals surface area contributed by atoms with E-state index in [4.69, 9.17) is 15.2 Å². The van der Waals surface area contributed by atoms with Gasteiger partial charge in [-0.05, 0) is 47.1 Å². The molecule has 3 aromatic rings. The Balaban J connectivity index is 1.14. The third-order valence-corrected chi connectivity index (χ3v) is 8.60. The number of nitrogens with two attached hydrogens (primary N) is 1. The number of rotatable bonds is 6. The first kappa shape index (κ1) is 25.9. The first-order chi connectivity index (χ1) is 19.4. The maximum Gasteiger partial charge on any atom is 0.410 e. The molecule has 2 unspecified atom stereocenters. The van der Waals surface area contributed by atoms with Crippen LogP contribution in [-0.4, -0.2) is 47.2 Å². The van der Waals surface area contributed by atoms with E-state index < -0.39 is 17.5 Å². The van der Waals surface area contributed by atoms with Crippen LogP contribution in [0.2, 0.25) is 0 Å². The summed E-state index contributed by atoms with van der Waals surface area (Å²) >= 11 is 0. The fourth-order valence-electron chi connectivity index (χ4n) is 6.74. The summed E-state index contributed by atoms with van der Waals surface area (Å²) in [5.41, 5.74) is 10.1. The standard InChI is InChI=1S/C32H33N3O5/c33-29(36)32(34-30(37)39-19-21-9-2-1-3-10-21)17-22-11-8-12-23(18-32)35(22)31(38)40-20-28-26-15-6-4-13-24(26)25-14-5-7-16-27(25)28/h1-7,9-10,13-16,22-23,28H,8,11-12,17-20H2,(H2,33,36)(H,34,37). The van der Waals surface area contributed by atoms with Crippen LogP contribution in [0.15, 0.2) is 78.9 Å². The number of piperidine rings is 2. The quantitative estimate of drug-likeness (QED) is 0.453. The first-order valence-electron chi connectivity index (χ1n) is 13.9. The highest BCUT2D eigenvalue weighted by molar-refractivity contribution is 5.89. The van der Waals surface area contributed by atoms with Crippen molar-refractivity contribution in [3.8, 4) is 11.1 Å². The second kappa shape index (κ2) is 10.7. The third-order valence-electron chi connectivity index (χ3n) is 8.60. The number of alkyl carbamates (subject to hydrolysis) is 1. The number of benzene rings is 3. The van der Waals surface area contributed by atoms with Crippen LogP contribution in [0, 0.1) is 0 Å². The van der Waals surface area contributed by atoms with Gasteiger partial charge >= 0.3 is 12.2 Å². The summed E-state index contributed by atoms with van der Waals surface area (Å²) in [6.45, 7) is 0.314. The molecule has 3 N–H and O–H groups in total. The van der Waals surface area contributed by atoms with Crippen LogP contribution in [0.3, 0.4) is 0 Å². The highest BCUT2D eigenvalue weighted by Gasteiger charge is 2.53. The molecule has 6 rings (SSSR count). The fraction of sp³-hybridized carbons (Fsp3) is 0.344. The second-order valence-corrected chi connectivity index (χ2v) is 11.0. The van der Waals surface area contributed by atoms with Gasteiger partial charge in [-0.1, -0.05) is 78.9 Å². The van der Waals surface area contributed by atoms with Gasteiger partial charge in [0.25, 0.3) is 0 Å². The Hall–Kier alpha value is -4.33. The number of ether oxygens (including phenoxy) is 2. The van der Waals surface area contributed by atoms with Gasteiger partial charge in [-0.3, -0.25) is 4.79 Å². The zero-order valence-electron chi connectivity index (χ0n) is 22.3. The molecule has 8 nitrogen and oxygen atoms in total. The maximum atomic E-state index is 13.5. The SMILES string of the molecule is NC(=O)C1(NC(=O)OCc2ccccc2)CC2CCCC(C1)N2C(=O)OCC1c2ccccc2-c2ccccc21. The lowest BCUT2D eigenvalue weighted by Crippen LogP contribution is -2.69. The molecule has 2 bridgehead atoms. The van der Waals surface area contributed by atoms with Crippen molar-refractivity contribution in [1.29, 1.82) is 0 Å². The van der Waals surface area contributed by atoms with Crippen LogP contribution >= 0.6 is 0 Å². The predicted molar refractivity (Wildman–Crippen MR) is 149 cm³/mol. The molecule has 2 aliphatic heterocycles. The van der Waals surface area contributed by atoms with Gasteiger partial charge < -0.3 is 25.4 Å². The number of fused-ring (bicyclic) bond motifs is 5. The summed E-state index contributed by atoms with van der Waals surface area (Å²) in [5, 5.41) is 2.77. The van der Waals surface area contributed by atoms with E-state index in [1.165, 1.54) is 11.1 Å². The molecule has 0 spiro atoms. The van der Waals surface area contributed by atoms with Crippen molar-refractivity contribution >= 4 is 18.1 Å². The molecule has 0 aromatic heterocycles. The number of hydrogen-bond acceptors (Lipinski definition) is 5. The lowest BCUT2D eigenvalue weighted by molar-refractivity contribution is -0.129. The number of carbonyl (C=O) groups is 3. The van der Waals surface area contributed by atoms with Gasteiger partial charge in [0, 0.05) is 30.8 Å². The van der Waals surface area contributed by atoms with Crippen LogP contribution in [0.4, 0.5) is 9.59 Å². The summed E-state index contributed by atoms with van der Waals surface area (Å²) in [4.78, 5) is 40.8. The molecule has 40 heavy (non-hydrogen) atoms. The van der Waals surface area contributed by atoms with Crippen LogP contribution in [0.25, 0.3) is 11.1 Å². The molecule has 0 radical (unpaired) electrons. The average molecular weight is 540 g/mol. The molecule has 206 valence electrons. The highest BCUT2D eigenvalue weighted by Crippen LogP contribution is 2.45. The largest absolute Gasteiger partial charge is 0.448 e. The van der Waals surface area contributed by atoms with Crippen molar-refractivity contribution in [2.45, 2.75) is 62.3 Å². The number of carbonyl (C=O) groups excluding carboxylic acids is 3. The lowest BCUT2D eigenvalue weighted by Gasteiger charge is -2.51. The molecular weight excluding hydrogens is 506 g/mol. The van der Waals surface area contributed by atoms with Crippen molar-refractivity contribution in [2.75, 3.05) is 6.61 Å². The number of nitrogens with one attached hydrogen (secondary N) is 1. The van der Waals surface area contributed by atoms with Crippen LogP contribution < -0.4 is 11.1 Å². The maximum absolute atomic E-state index is 13.5. The fourth-order valence-corrected chi connectivity index (χ4v) is 6.74. The molecular formula is C32H33N3O5. The monoisotopic (exact) mass is 539 g/mol. The lowest BCUT2D eigenvalue weighted by atomic mass is 9.73. The van der Waals surface area contributed by atoms with E-state index in [0.717, 1.165) is 23.1 Å². The van der Waals surface area contributed by atoms with E-state index in [-0.39, 0.29) is 50.2 Å². The summed E-state index contributed by atoms with van der Waals surface area (Å²) in [6.07, 6.45) is 1.70. The van der Waals surface area contributed by atoms with Crippen molar-refractivity contribution in [2.24, 2.45) is 5.73 Å². The molecule has 2 fully saturated rings. The van der Waals surface area contributed by atoms with Gasteiger partial charge in [0.2, 0.25) is 5.91 Å². The molecule has 2 heterocycles. The zero-order valence-corrected chi connectivity index (χ0v) is 22.3. The first-order valence-corrected chi connectivity index (χ1v) is 13.9. The number of amides is 3. The summed E-state index contributed by atoms with van der Waals surface area (Å²) in [5.74, 6) is -0.653. The molecule has 3 aromatic carbocycles. The van der Waals surface area contributed by atoms with E-state index in [1.54, 1.807) is 4.90 Å². The Kier molecular flexibility index (Phi) is 6.92. The van der Waals surface area contributed by atoms with E-state index in [0.29, 0.717) is 12.8 Å². The number of primary amides is 1.